The van der Waals surface area contributed by atoms with Crippen molar-refractivity contribution in [3.63, 3.8) is 0 Å². The number of carbonyl (C=O) groups is 2. The van der Waals surface area contributed by atoms with Crippen LogP contribution in [0.1, 0.15) is 199 Å². The van der Waals surface area contributed by atoms with E-state index in [1.54, 1.807) is 0 Å². The highest BCUT2D eigenvalue weighted by Gasteiger charge is 2.17. The zero-order valence-electron chi connectivity index (χ0n) is 33.2. The molecule has 0 unspecified atom stereocenters. The fourth-order valence-corrected chi connectivity index (χ4v) is 6.18. The maximum Gasteiger partial charge on any atom is 0.306 e. The van der Waals surface area contributed by atoms with Crippen molar-refractivity contribution in [2.75, 3.05) is 13.2 Å². The predicted molar refractivity (Wildman–Crippen MR) is 216 cm³/mol. The summed E-state index contributed by atoms with van der Waals surface area (Å²) < 4.78 is 17.1. The molecule has 0 aromatic heterocycles. The molecule has 0 saturated heterocycles. The Morgan fingerprint density at radius 3 is 1.39 bits per heavy atom. The zero-order chi connectivity index (χ0) is 36.7. The molecule has 51 heavy (non-hydrogen) atoms. The molecule has 1 rings (SSSR count). The van der Waals surface area contributed by atoms with Crippen LogP contribution in [0.4, 0.5) is 0 Å². The zero-order valence-corrected chi connectivity index (χ0v) is 33.2. The Morgan fingerprint density at radius 1 is 0.510 bits per heavy atom. The van der Waals surface area contributed by atoms with Crippen molar-refractivity contribution in [3.8, 4) is 0 Å². The third kappa shape index (κ3) is 33.2. The van der Waals surface area contributed by atoms with Crippen LogP contribution in [0.15, 0.2) is 54.6 Å². The molecule has 5 heteroatoms. The van der Waals surface area contributed by atoms with Gasteiger partial charge in [-0.25, -0.2) is 0 Å². The molecule has 0 aliphatic carbocycles. The van der Waals surface area contributed by atoms with Crippen molar-refractivity contribution >= 4 is 11.9 Å². The fourth-order valence-electron chi connectivity index (χ4n) is 6.18. The van der Waals surface area contributed by atoms with E-state index in [1.165, 1.54) is 116 Å². The molecule has 0 aliphatic heterocycles. The van der Waals surface area contributed by atoms with Crippen molar-refractivity contribution in [1.82, 2.24) is 0 Å². The second kappa shape index (κ2) is 37.4. The second-order valence-electron chi connectivity index (χ2n) is 14.5. The van der Waals surface area contributed by atoms with Crippen LogP contribution in [0.2, 0.25) is 0 Å². The first-order chi connectivity index (χ1) is 25.2. The summed E-state index contributed by atoms with van der Waals surface area (Å²) in [5.74, 6) is -0.469. The van der Waals surface area contributed by atoms with Gasteiger partial charge in [-0.15, -0.1) is 0 Å². The highest BCUT2D eigenvalue weighted by Crippen LogP contribution is 2.13. The molecular weight excluding hydrogens is 633 g/mol. The van der Waals surface area contributed by atoms with Crippen LogP contribution in [0.25, 0.3) is 0 Å². The SMILES string of the molecule is CCCCCCCC/C=C\CCCCCCCC(=O)OC[C@H](COCc1ccccc1)OC(=O)CCCCCCC/C=C\CCCCCCCC. The van der Waals surface area contributed by atoms with Crippen molar-refractivity contribution in [1.29, 1.82) is 0 Å². The van der Waals surface area contributed by atoms with E-state index >= 15 is 0 Å². The van der Waals surface area contributed by atoms with Crippen LogP contribution in [-0.4, -0.2) is 31.3 Å². The molecule has 1 aromatic rings. The van der Waals surface area contributed by atoms with E-state index in [2.05, 4.69) is 38.2 Å². The van der Waals surface area contributed by atoms with Crippen LogP contribution < -0.4 is 0 Å². The van der Waals surface area contributed by atoms with Crippen LogP contribution in [0.5, 0.6) is 0 Å². The molecule has 0 aliphatic rings. The lowest BCUT2D eigenvalue weighted by Gasteiger charge is -2.18. The number of ether oxygens (including phenoxy) is 3. The Labute approximate surface area is 314 Å². The number of allylic oxidation sites excluding steroid dienone is 4. The lowest BCUT2D eigenvalue weighted by atomic mass is 10.1. The maximum atomic E-state index is 12.7. The monoisotopic (exact) mass is 711 g/mol. The van der Waals surface area contributed by atoms with E-state index in [1.807, 2.05) is 30.3 Å². The van der Waals surface area contributed by atoms with Crippen molar-refractivity contribution in [2.24, 2.45) is 0 Å². The summed E-state index contributed by atoms with van der Waals surface area (Å²) in [6.45, 7) is 5.19. The minimum atomic E-state index is -0.595. The largest absolute Gasteiger partial charge is 0.462 e. The summed E-state index contributed by atoms with van der Waals surface area (Å²) in [7, 11) is 0. The number of hydrogen-bond acceptors (Lipinski definition) is 5. The fraction of sp³-hybridized carbons (Fsp3) is 0.739. The van der Waals surface area contributed by atoms with Gasteiger partial charge >= 0.3 is 11.9 Å². The van der Waals surface area contributed by atoms with Gasteiger partial charge in [0, 0.05) is 12.8 Å². The summed E-state index contributed by atoms with van der Waals surface area (Å²) >= 11 is 0. The summed E-state index contributed by atoms with van der Waals surface area (Å²) in [6, 6.07) is 9.92. The first-order valence-corrected chi connectivity index (χ1v) is 21.4. The van der Waals surface area contributed by atoms with Gasteiger partial charge < -0.3 is 14.2 Å². The molecule has 5 nitrogen and oxygen atoms in total. The summed E-state index contributed by atoms with van der Waals surface area (Å²) in [6.07, 6.45) is 41.4. The van der Waals surface area contributed by atoms with Gasteiger partial charge in [-0.2, -0.15) is 0 Å². The molecule has 0 N–H and O–H groups in total. The Kier molecular flexibility index (Phi) is 34.2. The number of rotatable bonds is 37. The van der Waals surface area contributed by atoms with Gasteiger partial charge in [-0.3, -0.25) is 9.59 Å². The second-order valence-corrected chi connectivity index (χ2v) is 14.5. The summed E-state index contributed by atoms with van der Waals surface area (Å²) in [4.78, 5) is 25.1. The van der Waals surface area contributed by atoms with Gasteiger partial charge in [0.05, 0.1) is 13.2 Å². The minimum absolute atomic E-state index is 0.0385. The molecule has 0 fully saturated rings. The molecular formula is C46H78O5. The molecule has 0 spiro atoms. The summed E-state index contributed by atoms with van der Waals surface area (Å²) in [5, 5.41) is 0. The highest BCUT2D eigenvalue weighted by atomic mass is 16.6. The Hall–Kier alpha value is -2.40. The van der Waals surface area contributed by atoms with Crippen molar-refractivity contribution < 1.29 is 23.8 Å². The molecule has 0 radical (unpaired) electrons. The quantitative estimate of drug-likeness (QED) is 0.0391. The van der Waals surface area contributed by atoms with Crippen LogP contribution >= 0.6 is 0 Å². The van der Waals surface area contributed by atoms with Crippen LogP contribution in [0, 0.1) is 0 Å². The molecule has 0 heterocycles. The lowest BCUT2D eigenvalue weighted by molar-refractivity contribution is -0.163. The van der Waals surface area contributed by atoms with Gasteiger partial charge in [0.2, 0.25) is 0 Å². The van der Waals surface area contributed by atoms with Crippen LogP contribution in [-0.2, 0) is 30.4 Å². The van der Waals surface area contributed by atoms with Gasteiger partial charge in [0.15, 0.2) is 6.10 Å². The third-order valence-corrected chi connectivity index (χ3v) is 9.43. The number of benzene rings is 1. The Morgan fingerprint density at radius 2 is 0.922 bits per heavy atom. The van der Waals surface area contributed by atoms with E-state index in [4.69, 9.17) is 14.2 Å². The van der Waals surface area contributed by atoms with E-state index < -0.39 is 6.10 Å². The molecule has 0 amide bonds. The summed E-state index contributed by atoms with van der Waals surface area (Å²) in [5.41, 5.74) is 1.05. The first-order valence-electron chi connectivity index (χ1n) is 21.4. The van der Waals surface area contributed by atoms with E-state index in [9.17, 15) is 9.59 Å². The van der Waals surface area contributed by atoms with Gasteiger partial charge in [-0.1, -0.05) is 171 Å². The number of carbonyl (C=O) groups excluding carboxylic acids is 2. The smallest absolute Gasteiger partial charge is 0.306 e. The number of unbranched alkanes of at least 4 members (excludes halogenated alkanes) is 22. The average Bonchev–Trinajstić information content (AvgIpc) is 3.14. The van der Waals surface area contributed by atoms with E-state index in [0.29, 0.717) is 19.4 Å². The third-order valence-electron chi connectivity index (χ3n) is 9.43. The Bertz CT molecular complexity index is 956. The van der Waals surface area contributed by atoms with Gasteiger partial charge in [0.1, 0.15) is 6.61 Å². The number of hydrogen-bond donors (Lipinski definition) is 0. The maximum absolute atomic E-state index is 12.7. The van der Waals surface area contributed by atoms with Crippen molar-refractivity contribution in [2.45, 2.75) is 206 Å². The topological polar surface area (TPSA) is 61.8 Å². The first kappa shape index (κ1) is 46.6. The predicted octanol–water partition coefficient (Wildman–Crippen LogP) is 13.7. The average molecular weight is 711 g/mol. The molecule has 1 atom stereocenters. The lowest BCUT2D eigenvalue weighted by Crippen LogP contribution is -2.29. The molecule has 0 bridgehead atoms. The molecule has 1 aromatic carbocycles. The number of esters is 2. The minimum Gasteiger partial charge on any atom is -0.462 e. The normalized spacial score (nSPS) is 12.2. The molecule has 0 saturated carbocycles. The molecule has 292 valence electrons. The van der Waals surface area contributed by atoms with Gasteiger partial charge in [-0.05, 0) is 69.8 Å². The Balaban J connectivity index is 2.17. The van der Waals surface area contributed by atoms with E-state index in [-0.39, 0.29) is 25.2 Å². The standard InChI is InChI=1S/C46H78O5/c1-3-5-7-9-11-13-15-17-19-21-23-25-27-29-34-38-45(47)50-42-44(41-49-40-43-36-32-31-33-37-43)51-46(48)39-35-30-28-26-24-22-20-18-16-14-12-10-8-6-4-2/h17-20,31-33,36-37,44H,3-16,21-30,34-35,38-42H2,1-2H3/b19-17-,20-18-/t44-/m0/s1. The van der Waals surface area contributed by atoms with Crippen LogP contribution in [0.3, 0.4) is 0 Å². The van der Waals surface area contributed by atoms with Crippen molar-refractivity contribution in [3.05, 3.63) is 60.2 Å². The van der Waals surface area contributed by atoms with E-state index in [0.717, 1.165) is 56.9 Å². The highest BCUT2D eigenvalue weighted by molar-refractivity contribution is 5.70. The van der Waals surface area contributed by atoms with Gasteiger partial charge in [0.25, 0.3) is 0 Å².